The first-order valence-corrected chi connectivity index (χ1v) is 11.4. The number of carbonyl (C=O) groups is 3. The van der Waals surface area contributed by atoms with Gasteiger partial charge in [0.2, 0.25) is 11.0 Å². The Morgan fingerprint density at radius 3 is 2.30 bits per heavy atom. The number of carbonyl (C=O) groups excluding carboxylic acids is 2. The summed E-state index contributed by atoms with van der Waals surface area (Å²) >= 11 is 2.02. The van der Waals surface area contributed by atoms with Crippen LogP contribution in [0.3, 0.4) is 0 Å². The zero-order valence-electron chi connectivity index (χ0n) is 17.6. The Morgan fingerprint density at radius 2 is 1.83 bits per heavy atom. The second-order valence-electron chi connectivity index (χ2n) is 7.82. The van der Waals surface area contributed by atoms with Gasteiger partial charge in [-0.15, -0.1) is 11.8 Å². The van der Waals surface area contributed by atoms with E-state index in [0.717, 1.165) is 4.90 Å². The largest absolute Gasteiger partial charge is 0.476 e. The number of para-hydroxylation sites is 1. The third-order valence-electron chi connectivity index (χ3n) is 4.33. The molecule has 7 nitrogen and oxygen atoms in total. The number of aliphatic hydroxyl groups excluding tert-OH is 1. The quantitative estimate of drug-likeness (QED) is 0.350. The molecule has 1 fully saturated rings. The Hall–Kier alpha value is -1.97. The molecule has 0 spiro atoms. The number of aliphatic hydroxyl groups is 1. The fourth-order valence-corrected chi connectivity index (χ4v) is 4.90. The molecule has 2 N–H and O–H groups in total. The zero-order valence-corrected chi connectivity index (χ0v) is 19.3. The maximum atomic E-state index is 12.8. The van der Waals surface area contributed by atoms with Crippen LogP contribution >= 0.6 is 23.5 Å². The number of amides is 1. The van der Waals surface area contributed by atoms with Crippen LogP contribution in [-0.2, 0) is 14.4 Å². The van der Waals surface area contributed by atoms with Gasteiger partial charge in [0.05, 0.1) is 17.4 Å². The van der Waals surface area contributed by atoms with Gasteiger partial charge in [0.25, 0.3) is 0 Å². The van der Waals surface area contributed by atoms with Gasteiger partial charge >= 0.3 is 5.97 Å². The van der Waals surface area contributed by atoms with Crippen LogP contribution in [0.1, 0.15) is 34.6 Å². The second-order valence-corrected chi connectivity index (χ2v) is 10.2. The average molecular weight is 454 g/mol. The summed E-state index contributed by atoms with van der Waals surface area (Å²) in [5, 5.41) is 18.9. The van der Waals surface area contributed by atoms with Crippen molar-refractivity contribution in [1.82, 2.24) is 4.90 Å². The maximum absolute atomic E-state index is 12.8. The van der Waals surface area contributed by atoms with Crippen LogP contribution in [0.4, 0.5) is 0 Å². The van der Waals surface area contributed by atoms with Gasteiger partial charge in [-0.1, -0.05) is 45.9 Å². The third-order valence-corrected chi connectivity index (χ3v) is 6.77. The average Bonchev–Trinajstić information content (AvgIpc) is 2.64. The minimum Gasteiger partial charge on any atom is -0.476 e. The van der Waals surface area contributed by atoms with E-state index in [0.29, 0.717) is 23.3 Å². The van der Waals surface area contributed by atoms with Crippen molar-refractivity contribution in [2.75, 3.05) is 5.75 Å². The monoisotopic (exact) mass is 453 g/mol. The predicted octanol–water partition coefficient (Wildman–Crippen LogP) is 3.54. The smallest absolute Gasteiger partial charge is 0.357 e. The van der Waals surface area contributed by atoms with E-state index in [9.17, 15) is 24.6 Å². The van der Waals surface area contributed by atoms with Gasteiger partial charge in [0.1, 0.15) is 5.75 Å². The molecule has 1 amide bonds. The lowest BCUT2D eigenvalue weighted by molar-refractivity contribution is -0.157. The molecule has 1 heterocycles. The summed E-state index contributed by atoms with van der Waals surface area (Å²) in [6, 6.07) is 8.49. The third kappa shape index (κ3) is 5.39. The number of β-lactam (4-membered cyclic amide) rings is 1. The highest BCUT2D eigenvalue weighted by atomic mass is 32.2. The fourth-order valence-electron chi connectivity index (χ4n) is 2.76. The Morgan fingerprint density at radius 1 is 1.23 bits per heavy atom. The number of carboxylic acids is 1. The predicted molar refractivity (Wildman–Crippen MR) is 118 cm³/mol. The van der Waals surface area contributed by atoms with Crippen molar-refractivity contribution < 1.29 is 29.3 Å². The molecule has 1 saturated heterocycles. The molecule has 2 rings (SSSR count). The molecule has 0 aromatic heterocycles. The molecule has 0 saturated carbocycles. The summed E-state index contributed by atoms with van der Waals surface area (Å²) in [4.78, 5) is 38.8. The van der Waals surface area contributed by atoms with Crippen LogP contribution in [0.25, 0.3) is 0 Å². The van der Waals surface area contributed by atoms with Gasteiger partial charge in [-0.05, 0) is 36.6 Å². The van der Waals surface area contributed by atoms with Crippen LogP contribution in [0.2, 0.25) is 0 Å². The Balaban J connectivity index is 2.56. The highest BCUT2D eigenvalue weighted by Gasteiger charge is 2.54. The number of benzene rings is 1. The molecule has 1 aromatic rings. The number of hydrogen-bond acceptors (Lipinski definition) is 7. The lowest BCUT2D eigenvalue weighted by Gasteiger charge is -2.47. The summed E-state index contributed by atoms with van der Waals surface area (Å²) < 4.78 is 5.81. The summed E-state index contributed by atoms with van der Waals surface area (Å²) in [6.07, 6.45) is -0.921. The fraction of sp³-hybridized carbons (Fsp3) is 0.476. The first-order valence-electron chi connectivity index (χ1n) is 9.54. The molecular weight excluding hydrogens is 426 g/mol. The Labute approximate surface area is 184 Å². The number of nitrogens with zero attached hydrogens (tertiary/aromatic N) is 1. The molecule has 0 aliphatic carbocycles. The van der Waals surface area contributed by atoms with E-state index in [1.54, 1.807) is 51.1 Å². The van der Waals surface area contributed by atoms with Crippen LogP contribution in [0.15, 0.2) is 41.1 Å². The van der Waals surface area contributed by atoms with Crippen molar-refractivity contribution in [3.05, 3.63) is 41.1 Å². The molecule has 1 aliphatic heterocycles. The lowest BCUT2D eigenvalue weighted by atomic mass is 9.92. The van der Waals surface area contributed by atoms with Gasteiger partial charge in [0, 0.05) is 5.41 Å². The van der Waals surface area contributed by atoms with E-state index in [1.165, 1.54) is 18.7 Å². The van der Waals surface area contributed by atoms with E-state index in [2.05, 4.69) is 0 Å². The van der Waals surface area contributed by atoms with Crippen molar-refractivity contribution in [3.8, 4) is 5.75 Å². The second kappa shape index (κ2) is 9.89. The number of aliphatic carboxylic acids is 1. The van der Waals surface area contributed by atoms with E-state index >= 15 is 0 Å². The highest BCUT2D eigenvalue weighted by Crippen LogP contribution is 2.43. The van der Waals surface area contributed by atoms with Crippen LogP contribution < -0.4 is 4.74 Å². The number of hydrogen-bond donors (Lipinski definition) is 2. The summed E-state index contributed by atoms with van der Waals surface area (Å²) in [5.74, 6) is -1.64. The zero-order chi connectivity index (χ0) is 22.6. The van der Waals surface area contributed by atoms with E-state index in [1.807, 2.05) is 6.92 Å². The molecule has 0 radical (unpaired) electrons. The number of carboxylic acid groups (broad SMARTS) is 1. The van der Waals surface area contributed by atoms with Crippen molar-refractivity contribution in [3.63, 3.8) is 0 Å². The van der Waals surface area contributed by atoms with Crippen molar-refractivity contribution in [1.29, 1.82) is 0 Å². The minimum absolute atomic E-state index is 0.173. The van der Waals surface area contributed by atoms with Gasteiger partial charge in [-0.25, -0.2) is 4.79 Å². The van der Waals surface area contributed by atoms with Crippen LogP contribution in [0, 0.1) is 11.3 Å². The van der Waals surface area contributed by atoms with Crippen molar-refractivity contribution in [2.24, 2.45) is 11.3 Å². The van der Waals surface area contributed by atoms with E-state index in [4.69, 9.17) is 4.74 Å². The molecule has 3 atom stereocenters. The highest BCUT2D eigenvalue weighted by molar-refractivity contribution is 8.16. The number of rotatable bonds is 8. The maximum Gasteiger partial charge on any atom is 0.357 e. The summed E-state index contributed by atoms with van der Waals surface area (Å²) in [7, 11) is 0. The first kappa shape index (κ1) is 24.3. The first-order chi connectivity index (χ1) is 14.0. The molecule has 9 heteroatoms. The summed E-state index contributed by atoms with van der Waals surface area (Å²) in [6.45, 7) is 8.55. The lowest BCUT2D eigenvalue weighted by Crippen LogP contribution is -2.63. The van der Waals surface area contributed by atoms with E-state index < -0.39 is 40.4 Å². The Bertz CT molecular complexity index is 832. The molecule has 30 heavy (non-hydrogen) atoms. The van der Waals surface area contributed by atoms with Gasteiger partial charge < -0.3 is 14.9 Å². The number of ether oxygens (including phenoxy) is 1. The molecule has 0 unspecified atom stereocenters. The summed E-state index contributed by atoms with van der Waals surface area (Å²) in [5.41, 5.74) is -1.15. The number of likely N-dealkylation sites (tertiary alicyclic amines) is 1. The molecular formula is C21H27NO6S2. The SMILES string of the molecule is CCS[C@@H]1[C@@H]([C@@H](C)O)C(=O)N1C(C(=O)O)=C(Oc1ccccc1)SC(=O)C(C)(C)C. The molecule has 1 aliphatic rings. The topological polar surface area (TPSA) is 104 Å². The van der Waals surface area contributed by atoms with Crippen LogP contribution in [-0.4, -0.2) is 49.3 Å². The van der Waals surface area contributed by atoms with E-state index in [-0.39, 0.29) is 10.2 Å². The van der Waals surface area contributed by atoms with Crippen molar-refractivity contribution in [2.45, 2.75) is 46.1 Å². The minimum atomic E-state index is -1.38. The Kier molecular flexibility index (Phi) is 8.01. The number of thioether (sulfide) groups is 2. The molecule has 1 aromatic carbocycles. The van der Waals surface area contributed by atoms with Gasteiger partial charge in [-0.2, -0.15) is 0 Å². The molecule has 0 bridgehead atoms. The standard InChI is InChI=1S/C21H27NO6S2/c1-6-29-17-14(12(2)23)16(24)22(17)15(18(25)26)19(30-20(27)21(3,4)5)28-13-10-8-7-9-11-13/h7-12,14,17,23H,6H2,1-5H3,(H,25,26)/t12-,14+,17-/m1/s1. The van der Waals surface area contributed by atoms with Gasteiger partial charge in [-0.3, -0.25) is 14.5 Å². The molecule has 164 valence electrons. The normalized spacial score (nSPS) is 20.9. The van der Waals surface area contributed by atoms with Crippen LogP contribution in [0.5, 0.6) is 5.75 Å². The van der Waals surface area contributed by atoms with Crippen molar-refractivity contribution >= 4 is 40.5 Å². The van der Waals surface area contributed by atoms with Gasteiger partial charge in [0.15, 0.2) is 10.8 Å².